The first-order chi connectivity index (χ1) is 10.1. The molecule has 2 aromatic rings. The van der Waals surface area contributed by atoms with Crippen molar-refractivity contribution in [3.63, 3.8) is 0 Å². The number of hydrogen-bond acceptors (Lipinski definition) is 4. The third kappa shape index (κ3) is 3.32. The van der Waals surface area contributed by atoms with Gasteiger partial charge < -0.3 is 15.2 Å². The van der Waals surface area contributed by atoms with Crippen LogP contribution in [0.2, 0.25) is 0 Å². The fraction of sp³-hybridized carbons (Fsp3) is 0.400. The SMILES string of the molecule is CCc1nn(CC)c(COc2cc(N)ccc2OC)c1Br. The van der Waals surface area contributed by atoms with Crippen molar-refractivity contribution in [1.29, 1.82) is 0 Å². The number of hydrogen-bond donors (Lipinski definition) is 1. The van der Waals surface area contributed by atoms with E-state index in [1.54, 1.807) is 25.3 Å². The van der Waals surface area contributed by atoms with Crippen molar-refractivity contribution in [2.24, 2.45) is 0 Å². The van der Waals surface area contributed by atoms with Gasteiger partial charge in [-0.1, -0.05) is 6.92 Å². The Morgan fingerprint density at radius 1 is 1.29 bits per heavy atom. The summed E-state index contributed by atoms with van der Waals surface area (Å²) in [6.07, 6.45) is 0.877. The van der Waals surface area contributed by atoms with Crippen molar-refractivity contribution in [1.82, 2.24) is 9.78 Å². The second kappa shape index (κ2) is 6.85. The lowest BCUT2D eigenvalue weighted by Crippen LogP contribution is -2.07. The van der Waals surface area contributed by atoms with Gasteiger partial charge in [-0.3, -0.25) is 4.68 Å². The third-order valence-electron chi connectivity index (χ3n) is 3.25. The Hall–Kier alpha value is -1.69. The molecule has 5 nitrogen and oxygen atoms in total. The highest BCUT2D eigenvalue weighted by Crippen LogP contribution is 2.31. The van der Waals surface area contributed by atoms with Gasteiger partial charge in [0.25, 0.3) is 0 Å². The molecule has 0 aliphatic carbocycles. The second-order valence-electron chi connectivity index (χ2n) is 4.58. The average Bonchev–Trinajstić information content (AvgIpc) is 2.80. The minimum absolute atomic E-state index is 0.404. The van der Waals surface area contributed by atoms with Gasteiger partial charge in [-0.2, -0.15) is 5.10 Å². The highest BCUT2D eigenvalue weighted by atomic mass is 79.9. The normalized spacial score (nSPS) is 10.7. The molecule has 0 aliphatic heterocycles. The van der Waals surface area contributed by atoms with Crippen molar-refractivity contribution < 1.29 is 9.47 Å². The van der Waals surface area contributed by atoms with E-state index < -0.39 is 0 Å². The fourth-order valence-corrected chi connectivity index (χ4v) is 2.79. The Morgan fingerprint density at radius 3 is 2.67 bits per heavy atom. The van der Waals surface area contributed by atoms with Gasteiger partial charge in [0, 0.05) is 18.3 Å². The third-order valence-corrected chi connectivity index (χ3v) is 4.16. The van der Waals surface area contributed by atoms with E-state index in [0.717, 1.165) is 28.8 Å². The Balaban J connectivity index is 2.24. The molecule has 0 spiro atoms. The molecule has 0 fully saturated rings. The van der Waals surface area contributed by atoms with E-state index in [1.807, 2.05) is 4.68 Å². The number of benzene rings is 1. The number of aromatic nitrogens is 2. The van der Waals surface area contributed by atoms with Crippen LogP contribution < -0.4 is 15.2 Å². The van der Waals surface area contributed by atoms with Crippen LogP contribution in [0.5, 0.6) is 11.5 Å². The van der Waals surface area contributed by atoms with Gasteiger partial charge in [-0.05, 0) is 41.4 Å². The lowest BCUT2D eigenvalue weighted by Gasteiger charge is -2.12. The van der Waals surface area contributed by atoms with Gasteiger partial charge in [-0.25, -0.2) is 0 Å². The molecule has 0 radical (unpaired) electrons. The topological polar surface area (TPSA) is 62.3 Å². The molecule has 0 saturated carbocycles. The first-order valence-electron chi connectivity index (χ1n) is 6.91. The predicted octanol–water partition coefficient (Wildman–Crippen LogP) is 3.40. The van der Waals surface area contributed by atoms with Crippen molar-refractivity contribution in [2.45, 2.75) is 33.4 Å². The number of nitrogens with two attached hydrogens (primary N) is 1. The van der Waals surface area contributed by atoms with Crippen LogP contribution >= 0.6 is 15.9 Å². The van der Waals surface area contributed by atoms with Gasteiger partial charge >= 0.3 is 0 Å². The van der Waals surface area contributed by atoms with Crippen LogP contribution in [-0.4, -0.2) is 16.9 Å². The number of ether oxygens (including phenoxy) is 2. The molecule has 0 aliphatic rings. The number of anilines is 1. The molecule has 0 unspecified atom stereocenters. The number of aryl methyl sites for hydroxylation is 2. The number of methoxy groups -OCH3 is 1. The zero-order valence-corrected chi connectivity index (χ0v) is 14.1. The van der Waals surface area contributed by atoms with Gasteiger partial charge in [0.2, 0.25) is 0 Å². The minimum Gasteiger partial charge on any atom is -0.493 e. The molecule has 2 N–H and O–H groups in total. The highest BCUT2D eigenvalue weighted by Gasteiger charge is 2.15. The Kier molecular flexibility index (Phi) is 5.12. The number of nitrogens with zero attached hydrogens (tertiary/aromatic N) is 2. The summed E-state index contributed by atoms with van der Waals surface area (Å²) < 4.78 is 14.1. The van der Waals surface area contributed by atoms with E-state index in [2.05, 4.69) is 34.9 Å². The molecular weight excluding hydrogens is 334 g/mol. The van der Waals surface area contributed by atoms with Crippen LogP contribution in [-0.2, 0) is 19.6 Å². The monoisotopic (exact) mass is 353 g/mol. The molecule has 0 bridgehead atoms. The molecule has 2 rings (SSSR count). The molecule has 0 amide bonds. The molecule has 6 heteroatoms. The molecule has 114 valence electrons. The van der Waals surface area contributed by atoms with Crippen molar-refractivity contribution in [3.8, 4) is 11.5 Å². The number of halogens is 1. The minimum atomic E-state index is 0.404. The molecular formula is C15H20BrN3O2. The van der Waals surface area contributed by atoms with E-state index in [4.69, 9.17) is 15.2 Å². The van der Waals surface area contributed by atoms with Crippen LogP contribution in [0.4, 0.5) is 5.69 Å². The van der Waals surface area contributed by atoms with E-state index in [0.29, 0.717) is 23.8 Å². The number of rotatable bonds is 6. The lowest BCUT2D eigenvalue weighted by atomic mass is 10.3. The van der Waals surface area contributed by atoms with E-state index in [9.17, 15) is 0 Å². The summed E-state index contributed by atoms with van der Waals surface area (Å²) in [5.41, 5.74) is 8.49. The molecule has 0 atom stereocenters. The van der Waals surface area contributed by atoms with Crippen LogP contribution in [0.3, 0.4) is 0 Å². The largest absolute Gasteiger partial charge is 0.493 e. The summed E-state index contributed by atoms with van der Waals surface area (Å²) in [7, 11) is 1.61. The quantitative estimate of drug-likeness (QED) is 0.808. The molecule has 1 aromatic heterocycles. The van der Waals surface area contributed by atoms with E-state index in [-0.39, 0.29) is 0 Å². The standard InChI is InChI=1S/C15H20BrN3O2/c1-4-11-15(16)12(19(5-2)18-11)9-21-14-8-10(17)6-7-13(14)20-3/h6-8H,4-5,9,17H2,1-3H3. The van der Waals surface area contributed by atoms with E-state index >= 15 is 0 Å². The molecule has 0 saturated heterocycles. The van der Waals surface area contributed by atoms with Crippen molar-refractivity contribution in [3.05, 3.63) is 34.1 Å². The summed E-state index contributed by atoms with van der Waals surface area (Å²) >= 11 is 3.61. The maximum atomic E-state index is 5.88. The summed E-state index contributed by atoms with van der Waals surface area (Å²) in [5, 5.41) is 4.55. The van der Waals surface area contributed by atoms with Gasteiger partial charge in [0.1, 0.15) is 6.61 Å². The van der Waals surface area contributed by atoms with Crippen LogP contribution in [0.25, 0.3) is 0 Å². The van der Waals surface area contributed by atoms with Gasteiger partial charge in [-0.15, -0.1) is 0 Å². The second-order valence-corrected chi connectivity index (χ2v) is 5.37. The van der Waals surface area contributed by atoms with Crippen molar-refractivity contribution >= 4 is 21.6 Å². The maximum Gasteiger partial charge on any atom is 0.163 e. The van der Waals surface area contributed by atoms with Crippen molar-refractivity contribution in [2.75, 3.05) is 12.8 Å². The van der Waals surface area contributed by atoms with Crippen LogP contribution in [0, 0.1) is 0 Å². The molecule has 21 heavy (non-hydrogen) atoms. The van der Waals surface area contributed by atoms with Gasteiger partial charge in [0.15, 0.2) is 11.5 Å². The Bertz CT molecular complexity index is 626. The van der Waals surface area contributed by atoms with Crippen LogP contribution in [0.15, 0.2) is 22.7 Å². The first-order valence-corrected chi connectivity index (χ1v) is 7.70. The summed E-state index contributed by atoms with van der Waals surface area (Å²) in [6, 6.07) is 5.35. The van der Waals surface area contributed by atoms with Gasteiger partial charge in [0.05, 0.1) is 23.0 Å². The first kappa shape index (κ1) is 15.7. The summed E-state index contributed by atoms with van der Waals surface area (Å²) in [5.74, 6) is 1.30. The zero-order chi connectivity index (χ0) is 15.4. The Morgan fingerprint density at radius 2 is 2.05 bits per heavy atom. The average molecular weight is 354 g/mol. The molecule has 1 aromatic carbocycles. The van der Waals surface area contributed by atoms with Crippen LogP contribution in [0.1, 0.15) is 25.2 Å². The molecule has 1 heterocycles. The zero-order valence-electron chi connectivity index (χ0n) is 12.5. The number of nitrogen functional groups attached to an aromatic ring is 1. The smallest absolute Gasteiger partial charge is 0.163 e. The summed E-state index contributed by atoms with van der Waals surface area (Å²) in [4.78, 5) is 0. The Labute approximate surface area is 133 Å². The fourth-order valence-electron chi connectivity index (χ4n) is 2.11. The van der Waals surface area contributed by atoms with E-state index in [1.165, 1.54) is 0 Å². The lowest BCUT2D eigenvalue weighted by molar-refractivity contribution is 0.273. The maximum absolute atomic E-state index is 5.88. The highest BCUT2D eigenvalue weighted by molar-refractivity contribution is 9.10. The summed E-state index contributed by atoms with van der Waals surface area (Å²) in [6.45, 7) is 5.34. The predicted molar refractivity (Wildman–Crippen MR) is 86.7 cm³/mol.